The molecule has 1 unspecified atom stereocenters. The highest BCUT2D eigenvalue weighted by molar-refractivity contribution is 7.88. The highest BCUT2D eigenvalue weighted by atomic mass is 32.2. The molecule has 1 saturated heterocycles. The minimum absolute atomic E-state index is 0.0347. The molecule has 1 heterocycles. The van der Waals surface area contributed by atoms with E-state index in [1.54, 1.807) is 4.90 Å². The maximum absolute atomic E-state index is 12.3. The molecule has 1 atom stereocenters. The fourth-order valence-electron chi connectivity index (χ4n) is 3.74. The first kappa shape index (κ1) is 20.2. The van der Waals surface area contributed by atoms with Crippen LogP contribution in [0.2, 0.25) is 0 Å². The lowest BCUT2D eigenvalue weighted by atomic mass is 9.87. The third kappa shape index (κ3) is 7.73. The Balaban J connectivity index is 1.69. The van der Waals surface area contributed by atoms with Crippen molar-refractivity contribution in [2.45, 2.75) is 51.4 Å². The molecule has 0 aromatic rings. The predicted octanol–water partition coefficient (Wildman–Crippen LogP) is 0.861. The van der Waals surface area contributed by atoms with E-state index in [1.807, 2.05) is 0 Å². The Morgan fingerprint density at radius 3 is 2.40 bits per heavy atom. The molecule has 7 nitrogen and oxygen atoms in total. The summed E-state index contributed by atoms with van der Waals surface area (Å²) in [6, 6.07) is 0. The zero-order valence-corrected chi connectivity index (χ0v) is 15.9. The van der Waals surface area contributed by atoms with Crippen LogP contribution in [0.1, 0.15) is 51.4 Å². The smallest absolute Gasteiger partial charge is 0.241 e. The summed E-state index contributed by atoms with van der Waals surface area (Å²) < 4.78 is 24.9. The van der Waals surface area contributed by atoms with Gasteiger partial charge < -0.3 is 10.2 Å². The number of nitrogens with zero attached hydrogens (tertiary/aromatic N) is 1. The molecule has 0 bridgehead atoms. The van der Waals surface area contributed by atoms with Gasteiger partial charge in [0.15, 0.2) is 0 Å². The summed E-state index contributed by atoms with van der Waals surface area (Å²) in [4.78, 5) is 26.1. The Labute approximate surface area is 151 Å². The topological polar surface area (TPSA) is 95.6 Å². The summed E-state index contributed by atoms with van der Waals surface area (Å²) in [5.41, 5.74) is 0. The highest BCUT2D eigenvalue weighted by Crippen LogP contribution is 2.26. The van der Waals surface area contributed by atoms with Gasteiger partial charge in [-0.15, -0.1) is 0 Å². The van der Waals surface area contributed by atoms with E-state index >= 15 is 0 Å². The van der Waals surface area contributed by atoms with Gasteiger partial charge in [0.05, 0.1) is 12.8 Å². The van der Waals surface area contributed by atoms with Crippen molar-refractivity contribution in [3.63, 3.8) is 0 Å². The van der Waals surface area contributed by atoms with Crippen LogP contribution in [-0.4, -0.2) is 57.6 Å². The van der Waals surface area contributed by atoms with Crippen LogP contribution >= 0.6 is 0 Å². The number of hydrogen-bond donors (Lipinski definition) is 2. The lowest BCUT2D eigenvalue weighted by Gasteiger charge is -2.33. The molecule has 1 aliphatic heterocycles. The molecule has 2 amide bonds. The molecule has 25 heavy (non-hydrogen) atoms. The molecule has 0 aromatic carbocycles. The van der Waals surface area contributed by atoms with Crippen LogP contribution in [0.5, 0.6) is 0 Å². The number of carbonyl (C=O) groups is 2. The van der Waals surface area contributed by atoms with Crippen LogP contribution in [-0.2, 0) is 19.6 Å². The highest BCUT2D eigenvalue weighted by Gasteiger charge is 2.25. The number of sulfonamides is 1. The van der Waals surface area contributed by atoms with Crippen molar-refractivity contribution in [3.05, 3.63) is 0 Å². The van der Waals surface area contributed by atoms with Gasteiger partial charge in [-0.2, -0.15) is 0 Å². The van der Waals surface area contributed by atoms with Crippen molar-refractivity contribution < 1.29 is 18.0 Å². The van der Waals surface area contributed by atoms with Gasteiger partial charge in [0.2, 0.25) is 21.8 Å². The average molecular weight is 374 g/mol. The number of amides is 2. The Morgan fingerprint density at radius 1 is 1.04 bits per heavy atom. The van der Waals surface area contributed by atoms with Gasteiger partial charge in [0.25, 0.3) is 0 Å². The summed E-state index contributed by atoms with van der Waals surface area (Å²) in [7, 11) is -3.21. The minimum atomic E-state index is -3.21. The van der Waals surface area contributed by atoms with Gasteiger partial charge in [-0.25, -0.2) is 13.1 Å². The number of likely N-dealkylation sites (tertiary alicyclic amines) is 1. The quantitative estimate of drug-likeness (QED) is 0.692. The van der Waals surface area contributed by atoms with E-state index in [1.165, 1.54) is 19.3 Å². The number of hydrogen-bond acceptors (Lipinski definition) is 4. The molecule has 1 aliphatic carbocycles. The maximum atomic E-state index is 12.3. The summed E-state index contributed by atoms with van der Waals surface area (Å²) in [5, 5.41) is 2.76. The molecule has 2 rings (SSSR count). The van der Waals surface area contributed by atoms with Crippen LogP contribution in [0.4, 0.5) is 0 Å². The molecule has 144 valence electrons. The standard InChI is InChI=1S/C17H31N3O4S/c1-25(23,24)19-11-15-8-5-9-20(13-15)17(22)12-18-16(21)10-14-6-3-2-4-7-14/h14-15,19H,2-13H2,1H3,(H,18,21). The van der Waals surface area contributed by atoms with Crippen molar-refractivity contribution in [3.8, 4) is 0 Å². The van der Waals surface area contributed by atoms with Gasteiger partial charge >= 0.3 is 0 Å². The molecule has 0 spiro atoms. The summed E-state index contributed by atoms with van der Waals surface area (Å²) in [5.74, 6) is 0.476. The normalized spacial score (nSPS) is 22.6. The minimum Gasteiger partial charge on any atom is -0.347 e. The van der Waals surface area contributed by atoms with Crippen molar-refractivity contribution in [1.82, 2.24) is 14.9 Å². The van der Waals surface area contributed by atoms with Crippen molar-refractivity contribution in [2.24, 2.45) is 11.8 Å². The lowest BCUT2D eigenvalue weighted by Crippen LogP contribution is -2.47. The third-order valence-corrected chi connectivity index (χ3v) is 5.83. The van der Waals surface area contributed by atoms with E-state index in [2.05, 4.69) is 10.0 Å². The van der Waals surface area contributed by atoms with Crippen molar-refractivity contribution in [1.29, 1.82) is 0 Å². The van der Waals surface area contributed by atoms with Crippen molar-refractivity contribution >= 4 is 21.8 Å². The fraction of sp³-hybridized carbons (Fsp3) is 0.882. The second-order valence-corrected chi connectivity index (χ2v) is 9.29. The SMILES string of the molecule is CS(=O)(=O)NCC1CCCN(C(=O)CNC(=O)CC2CCCCC2)C1. The first-order valence-corrected chi connectivity index (χ1v) is 11.2. The first-order chi connectivity index (χ1) is 11.8. The number of rotatable bonds is 7. The molecule has 2 N–H and O–H groups in total. The zero-order valence-electron chi connectivity index (χ0n) is 15.1. The molecular formula is C17H31N3O4S. The fourth-order valence-corrected chi connectivity index (χ4v) is 4.28. The molecule has 0 aromatic heterocycles. The van der Waals surface area contributed by atoms with Gasteiger partial charge in [0, 0.05) is 26.1 Å². The Hall–Kier alpha value is -1.15. The summed E-state index contributed by atoms with van der Waals surface area (Å²) >= 11 is 0. The second-order valence-electron chi connectivity index (χ2n) is 7.45. The predicted molar refractivity (Wildman–Crippen MR) is 96.4 cm³/mol. The Morgan fingerprint density at radius 2 is 1.72 bits per heavy atom. The zero-order chi connectivity index (χ0) is 18.3. The Kier molecular flexibility index (Phi) is 7.68. The molecule has 8 heteroatoms. The largest absolute Gasteiger partial charge is 0.347 e. The van der Waals surface area contributed by atoms with E-state index in [0.29, 0.717) is 32.0 Å². The molecule has 0 radical (unpaired) electrons. The van der Waals surface area contributed by atoms with Crippen LogP contribution in [0.25, 0.3) is 0 Å². The molecule has 2 aliphatic rings. The van der Waals surface area contributed by atoms with E-state index < -0.39 is 10.0 Å². The maximum Gasteiger partial charge on any atom is 0.241 e. The van der Waals surface area contributed by atoms with Gasteiger partial charge in [0.1, 0.15) is 0 Å². The number of carbonyl (C=O) groups excluding carboxylic acids is 2. The average Bonchev–Trinajstić information content (AvgIpc) is 2.58. The Bertz CT molecular complexity index is 558. The number of nitrogens with one attached hydrogen (secondary N) is 2. The monoisotopic (exact) mass is 373 g/mol. The van der Waals surface area contributed by atoms with Crippen LogP contribution in [0.3, 0.4) is 0 Å². The molecule has 1 saturated carbocycles. The molecule has 2 fully saturated rings. The summed E-state index contributed by atoms with van der Waals surface area (Å²) in [6.45, 7) is 1.61. The molecular weight excluding hydrogens is 342 g/mol. The second kappa shape index (κ2) is 9.52. The summed E-state index contributed by atoms with van der Waals surface area (Å²) in [6.07, 6.45) is 9.32. The van der Waals surface area contributed by atoms with Gasteiger partial charge in [-0.05, 0) is 37.5 Å². The lowest BCUT2D eigenvalue weighted by molar-refractivity contribution is -0.134. The van der Waals surface area contributed by atoms with E-state index in [4.69, 9.17) is 0 Å². The first-order valence-electron chi connectivity index (χ1n) is 9.32. The van der Waals surface area contributed by atoms with E-state index in [0.717, 1.165) is 31.9 Å². The van der Waals surface area contributed by atoms with Gasteiger partial charge in [-0.1, -0.05) is 19.3 Å². The van der Waals surface area contributed by atoms with Crippen LogP contribution in [0.15, 0.2) is 0 Å². The van der Waals surface area contributed by atoms with Gasteiger partial charge in [-0.3, -0.25) is 9.59 Å². The van der Waals surface area contributed by atoms with E-state index in [-0.39, 0.29) is 24.3 Å². The van der Waals surface area contributed by atoms with Crippen LogP contribution in [0, 0.1) is 11.8 Å². The van der Waals surface area contributed by atoms with E-state index in [9.17, 15) is 18.0 Å². The number of piperidine rings is 1. The van der Waals surface area contributed by atoms with Crippen LogP contribution < -0.4 is 10.0 Å². The van der Waals surface area contributed by atoms with Crippen molar-refractivity contribution in [2.75, 3.05) is 32.4 Å². The third-order valence-electron chi connectivity index (χ3n) is 5.14.